The summed E-state index contributed by atoms with van der Waals surface area (Å²) in [5.41, 5.74) is 1.80. The zero-order valence-corrected chi connectivity index (χ0v) is 13.4. The second kappa shape index (κ2) is 7.17. The fraction of sp³-hybridized carbons (Fsp3) is 0.105. The van der Waals surface area contributed by atoms with E-state index in [0.717, 1.165) is 23.8 Å². The summed E-state index contributed by atoms with van der Waals surface area (Å²) in [6.07, 6.45) is 6.11. The number of benzene rings is 1. The van der Waals surface area contributed by atoms with Crippen molar-refractivity contribution in [3.8, 4) is 0 Å². The number of nitrogens with zero attached hydrogens (tertiary/aromatic N) is 2. The van der Waals surface area contributed by atoms with E-state index in [9.17, 15) is 13.6 Å². The molecule has 1 aromatic carbocycles. The maximum Gasteiger partial charge on any atom is 0.253 e. The Labute approximate surface area is 143 Å². The Kier molecular flexibility index (Phi) is 4.79. The molecule has 6 heteroatoms. The lowest BCUT2D eigenvalue weighted by atomic mass is 9.98. The van der Waals surface area contributed by atoms with Crippen molar-refractivity contribution in [1.29, 1.82) is 0 Å². The van der Waals surface area contributed by atoms with E-state index in [-0.39, 0.29) is 5.56 Å². The minimum Gasteiger partial charge on any atom is -0.341 e. The summed E-state index contributed by atoms with van der Waals surface area (Å²) in [6.45, 7) is 1.82. The number of aromatic nitrogens is 2. The molecule has 1 atom stereocenters. The van der Waals surface area contributed by atoms with Gasteiger partial charge in [-0.25, -0.2) is 8.78 Å². The Morgan fingerprint density at radius 3 is 2.52 bits per heavy atom. The van der Waals surface area contributed by atoms with Crippen LogP contribution in [0.4, 0.5) is 8.78 Å². The molecule has 0 fully saturated rings. The quantitative estimate of drug-likeness (QED) is 0.790. The number of rotatable bonds is 4. The first-order valence-electron chi connectivity index (χ1n) is 7.62. The van der Waals surface area contributed by atoms with Gasteiger partial charge in [-0.2, -0.15) is 0 Å². The Morgan fingerprint density at radius 2 is 1.80 bits per heavy atom. The van der Waals surface area contributed by atoms with Crippen molar-refractivity contribution in [3.63, 3.8) is 0 Å². The van der Waals surface area contributed by atoms with Gasteiger partial charge < -0.3 is 5.32 Å². The van der Waals surface area contributed by atoms with Gasteiger partial charge in [0.05, 0.1) is 11.6 Å². The zero-order chi connectivity index (χ0) is 17.8. The lowest BCUT2D eigenvalue weighted by Gasteiger charge is -2.20. The topological polar surface area (TPSA) is 54.9 Å². The molecular weight excluding hydrogens is 324 g/mol. The summed E-state index contributed by atoms with van der Waals surface area (Å²) >= 11 is 0. The van der Waals surface area contributed by atoms with Gasteiger partial charge in [0, 0.05) is 30.4 Å². The number of carbonyl (C=O) groups is 1. The van der Waals surface area contributed by atoms with E-state index in [2.05, 4.69) is 15.3 Å². The molecule has 0 aliphatic heterocycles. The normalized spacial score (nSPS) is 11.8. The summed E-state index contributed by atoms with van der Waals surface area (Å²) < 4.78 is 27.9. The lowest BCUT2D eigenvalue weighted by molar-refractivity contribution is 0.0942. The van der Waals surface area contributed by atoms with Crippen molar-refractivity contribution in [2.45, 2.75) is 13.0 Å². The Bertz CT molecular complexity index is 900. The molecule has 0 unspecified atom stereocenters. The fourth-order valence-electron chi connectivity index (χ4n) is 2.53. The van der Waals surface area contributed by atoms with Gasteiger partial charge in [-0.15, -0.1) is 0 Å². The highest BCUT2D eigenvalue weighted by Crippen LogP contribution is 2.25. The third kappa shape index (κ3) is 3.85. The Hall–Kier alpha value is -3.15. The van der Waals surface area contributed by atoms with Gasteiger partial charge in [0.25, 0.3) is 5.91 Å². The zero-order valence-electron chi connectivity index (χ0n) is 13.4. The minimum atomic E-state index is -0.855. The Morgan fingerprint density at radius 1 is 1.04 bits per heavy atom. The molecule has 0 radical (unpaired) electrons. The summed E-state index contributed by atoms with van der Waals surface area (Å²) in [5.74, 6) is -1.62. The first-order chi connectivity index (χ1) is 12.0. The number of carbonyl (C=O) groups excluding carboxylic acids is 1. The summed E-state index contributed by atoms with van der Waals surface area (Å²) in [5, 5.41) is 2.75. The van der Waals surface area contributed by atoms with E-state index in [4.69, 9.17) is 0 Å². The molecule has 0 saturated carbocycles. The molecule has 0 aliphatic rings. The van der Waals surface area contributed by atoms with Crippen molar-refractivity contribution in [3.05, 3.63) is 95.1 Å². The number of hydrogen-bond acceptors (Lipinski definition) is 3. The van der Waals surface area contributed by atoms with Crippen molar-refractivity contribution in [2.75, 3.05) is 0 Å². The summed E-state index contributed by atoms with van der Waals surface area (Å²) in [6, 6.07) is 7.26. The average Bonchev–Trinajstić information content (AvgIpc) is 2.62. The van der Waals surface area contributed by atoms with Crippen LogP contribution in [-0.2, 0) is 0 Å². The highest BCUT2D eigenvalue weighted by Gasteiger charge is 2.22. The SMILES string of the molecule is Cc1cncc(C(=O)N[C@@H](c2ccncc2)c2cc(F)ccc2F)c1. The van der Waals surface area contributed by atoms with Gasteiger partial charge in [0.1, 0.15) is 11.6 Å². The molecule has 2 heterocycles. The molecule has 25 heavy (non-hydrogen) atoms. The first-order valence-corrected chi connectivity index (χ1v) is 7.62. The van der Waals surface area contributed by atoms with Gasteiger partial charge >= 0.3 is 0 Å². The second-order valence-corrected chi connectivity index (χ2v) is 5.60. The van der Waals surface area contributed by atoms with E-state index in [0.29, 0.717) is 11.1 Å². The lowest BCUT2D eigenvalue weighted by Crippen LogP contribution is -2.30. The van der Waals surface area contributed by atoms with Gasteiger partial charge in [-0.05, 0) is 54.4 Å². The predicted octanol–water partition coefficient (Wildman–Crippen LogP) is 3.58. The van der Waals surface area contributed by atoms with Crippen LogP contribution in [0.5, 0.6) is 0 Å². The van der Waals surface area contributed by atoms with Crippen molar-refractivity contribution in [1.82, 2.24) is 15.3 Å². The van der Waals surface area contributed by atoms with Crippen LogP contribution in [0.3, 0.4) is 0 Å². The minimum absolute atomic E-state index is 0.0418. The average molecular weight is 339 g/mol. The fourth-order valence-corrected chi connectivity index (χ4v) is 2.53. The van der Waals surface area contributed by atoms with Crippen LogP contribution in [0.2, 0.25) is 0 Å². The van der Waals surface area contributed by atoms with Crippen LogP contribution < -0.4 is 5.32 Å². The smallest absolute Gasteiger partial charge is 0.253 e. The Balaban J connectivity index is 2.00. The van der Waals surface area contributed by atoms with Crippen molar-refractivity contribution in [2.24, 2.45) is 0 Å². The van der Waals surface area contributed by atoms with Gasteiger partial charge in [0.2, 0.25) is 0 Å². The molecule has 2 aromatic heterocycles. The number of aryl methyl sites for hydroxylation is 1. The number of halogens is 2. The molecule has 126 valence electrons. The number of pyridine rings is 2. The van der Waals surface area contributed by atoms with Gasteiger partial charge in [0.15, 0.2) is 0 Å². The number of hydrogen-bond donors (Lipinski definition) is 1. The van der Waals surface area contributed by atoms with E-state index < -0.39 is 23.6 Å². The number of nitrogens with one attached hydrogen (secondary N) is 1. The van der Waals surface area contributed by atoms with Gasteiger partial charge in [-0.1, -0.05) is 0 Å². The monoisotopic (exact) mass is 339 g/mol. The second-order valence-electron chi connectivity index (χ2n) is 5.60. The standard InChI is InChI=1S/C19H15F2N3O/c1-12-8-14(11-23-10-12)19(25)24-18(13-4-6-22-7-5-13)16-9-15(20)2-3-17(16)21/h2-11,18H,1H3,(H,24,25)/t18-/m0/s1. The van der Waals surface area contributed by atoms with E-state index in [1.807, 2.05) is 6.92 Å². The molecule has 0 saturated heterocycles. The van der Waals surface area contributed by atoms with Crippen LogP contribution >= 0.6 is 0 Å². The van der Waals surface area contributed by atoms with Crippen LogP contribution in [0, 0.1) is 18.6 Å². The third-order valence-electron chi connectivity index (χ3n) is 3.72. The number of amides is 1. The molecular formula is C19H15F2N3O. The molecule has 0 spiro atoms. The van der Waals surface area contributed by atoms with E-state index >= 15 is 0 Å². The largest absolute Gasteiger partial charge is 0.341 e. The molecule has 1 N–H and O–H groups in total. The molecule has 0 aliphatic carbocycles. The van der Waals surface area contributed by atoms with Gasteiger partial charge in [-0.3, -0.25) is 14.8 Å². The molecule has 1 amide bonds. The van der Waals surface area contributed by atoms with Crippen LogP contribution in [0.15, 0.2) is 61.2 Å². The molecule has 3 rings (SSSR count). The van der Waals surface area contributed by atoms with E-state index in [1.54, 1.807) is 24.4 Å². The molecule has 3 aromatic rings. The van der Waals surface area contributed by atoms with Crippen molar-refractivity contribution < 1.29 is 13.6 Å². The predicted molar refractivity (Wildman–Crippen MR) is 88.9 cm³/mol. The maximum atomic E-state index is 14.3. The molecule has 0 bridgehead atoms. The van der Waals surface area contributed by atoms with Crippen LogP contribution in [0.1, 0.15) is 33.1 Å². The van der Waals surface area contributed by atoms with Crippen LogP contribution in [0.25, 0.3) is 0 Å². The maximum absolute atomic E-state index is 14.3. The van der Waals surface area contributed by atoms with E-state index in [1.165, 1.54) is 18.6 Å². The van der Waals surface area contributed by atoms with Crippen molar-refractivity contribution >= 4 is 5.91 Å². The third-order valence-corrected chi connectivity index (χ3v) is 3.72. The highest BCUT2D eigenvalue weighted by atomic mass is 19.1. The van der Waals surface area contributed by atoms with Crippen LogP contribution in [-0.4, -0.2) is 15.9 Å². The molecule has 4 nitrogen and oxygen atoms in total. The first kappa shape index (κ1) is 16.7. The highest BCUT2D eigenvalue weighted by molar-refractivity contribution is 5.94. The summed E-state index contributed by atoms with van der Waals surface area (Å²) in [4.78, 5) is 20.5. The summed E-state index contributed by atoms with van der Waals surface area (Å²) in [7, 11) is 0.